The third kappa shape index (κ3) is 4.42. The summed E-state index contributed by atoms with van der Waals surface area (Å²) in [5.41, 5.74) is 3.39. The van der Waals surface area contributed by atoms with Crippen LogP contribution in [0.5, 0.6) is 5.75 Å². The van der Waals surface area contributed by atoms with Gasteiger partial charge in [-0.1, -0.05) is 48.0 Å². The fourth-order valence-electron chi connectivity index (χ4n) is 3.99. The summed E-state index contributed by atoms with van der Waals surface area (Å²) in [5.74, 6) is 0.677. The van der Waals surface area contributed by atoms with Crippen LogP contribution in [0.4, 0.5) is 4.79 Å². The van der Waals surface area contributed by atoms with E-state index in [-0.39, 0.29) is 12.1 Å². The van der Waals surface area contributed by atoms with Gasteiger partial charge in [-0.2, -0.15) is 0 Å². The van der Waals surface area contributed by atoms with Crippen molar-refractivity contribution < 1.29 is 9.53 Å². The second kappa shape index (κ2) is 8.84. The highest BCUT2D eigenvalue weighted by atomic mass is 35.5. The van der Waals surface area contributed by atoms with Gasteiger partial charge in [0.05, 0.1) is 17.7 Å². The first kappa shape index (κ1) is 19.1. The minimum atomic E-state index is -0.172. The van der Waals surface area contributed by atoms with E-state index in [1.807, 2.05) is 18.2 Å². The van der Waals surface area contributed by atoms with Crippen molar-refractivity contribution in [2.24, 2.45) is 0 Å². The smallest absolute Gasteiger partial charge is 0.315 e. The fraction of sp³-hybridized carbons (Fsp3) is 0.409. The lowest BCUT2D eigenvalue weighted by atomic mass is 10.0. The highest BCUT2D eigenvalue weighted by molar-refractivity contribution is 6.32. The molecule has 1 saturated heterocycles. The van der Waals surface area contributed by atoms with Crippen molar-refractivity contribution in [2.45, 2.75) is 38.4 Å². The predicted molar refractivity (Wildman–Crippen MR) is 111 cm³/mol. The number of para-hydroxylation sites is 1. The Morgan fingerprint density at radius 2 is 1.89 bits per heavy atom. The summed E-state index contributed by atoms with van der Waals surface area (Å²) < 4.78 is 5.67. The van der Waals surface area contributed by atoms with E-state index in [1.165, 1.54) is 24.0 Å². The second-order valence-corrected chi connectivity index (χ2v) is 7.83. The van der Waals surface area contributed by atoms with Crippen LogP contribution < -0.4 is 15.4 Å². The maximum Gasteiger partial charge on any atom is 0.315 e. The first-order valence-corrected chi connectivity index (χ1v) is 10.3. The van der Waals surface area contributed by atoms with Gasteiger partial charge >= 0.3 is 6.03 Å². The average Bonchev–Trinajstić information content (AvgIpc) is 3.21. The third-order valence-electron chi connectivity index (χ3n) is 5.48. The van der Waals surface area contributed by atoms with E-state index >= 15 is 0 Å². The van der Waals surface area contributed by atoms with E-state index in [9.17, 15) is 4.79 Å². The summed E-state index contributed by atoms with van der Waals surface area (Å²) >= 11 is 6.22. The quantitative estimate of drug-likeness (QED) is 0.789. The number of hydrogen-bond donors (Lipinski definition) is 2. The summed E-state index contributed by atoms with van der Waals surface area (Å²) in [6, 6.07) is 13.7. The van der Waals surface area contributed by atoms with Gasteiger partial charge in [-0.25, -0.2) is 4.79 Å². The third-order valence-corrected chi connectivity index (χ3v) is 5.78. The number of fused-ring (bicyclic) bond motifs is 1. The van der Waals surface area contributed by atoms with Gasteiger partial charge in [-0.15, -0.1) is 0 Å². The maximum atomic E-state index is 12.5. The molecule has 0 aromatic heterocycles. The molecule has 4 rings (SSSR count). The largest absolute Gasteiger partial charge is 0.492 e. The fourth-order valence-corrected chi connectivity index (χ4v) is 4.22. The van der Waals surface area contributed by atoms with Crippen LogP contribution in [-0.2, 0) is 13.1 Å². The van der Waals surface area contributed by atoms with Crippen molar-refractivity contribution in [3.05, 3.63) is 64.2 Å². The monoisotopic (exact) mass is 399 g/mol. The zero-order valence-corrected chi connectivity index (χ0v) is 16.7. The Kier molecular flexibility index (Phi) is 6.03. The predicted octanol–water partition coefficient (Wildman–Crippen LogP) is 4.26. The molecule has 148 valence electrons. The van der Waals surface area contributed by atoms with Crippen molar-refractivity contribution >= 4 is 17.6 Å². The number of carbonyl (C=O) groups excluding carboxylic acids is 1. The number of urea groups is 1. The van der Waals surface area contributed by atoms with Gasteiger partial charge in [-0.3, -0.25) is 4.90 Å². The standard InChI is InChI=1S/C22H26ClN3O2/c23-19-9-5-8-18-20(10-13-28-21(18)19)25-22(27)24-14-16-6-1-2-7-17(16)15-26-11-3-4-12-26/h1-2,5-9,20H,3-4,10-15H2,(H2,24,25,27). The lowest BCUT2D eigenvalue weighted by Crippen LogP contribution is -2.39. The summed E-state index contributed by atoms with van der Waals surface area (Å²) in [6.07, 6.45) is 3.28. The molecule has 0 bridgehead atoms. The Morgan fingerprint density at radius 1 is 1.11 bits per heavy atom. The number of carbonyl (C=O) groups is 1. The summed E-state index contributed by atoms with van der Waals surface area (Å²) in [7, 11) is 0. The molecule has 2 aliphatic heterocycles. The molecule has 5 nitrogen and oxygen atoms in total. The Hall–Kier alpha value is -2.24. The molecule has 0 saturated carbocycles. The number of rotatable bonds is 5. The van der Waals surface area contributed by atoms with Crippen molar-refractivity contribution in [1.29, 1.82) is 0 Å². The minimum Gasteiger partial charge on any atom is -0.492 e. The Morgan fingerprint density at radius 3 is 2.71 bits per heavy atom. The van der Waals surface area contributed by atoms with Gasteiger partial charge in [0.1, 0.15) is 5.75 Å². The minimum absolute atomic E-state index is 0.0951. The van der Waals surface area contributed by atoms with E-state index in [0.717, 1.165) is 31.6 Å². The maximum absolute atomic E-state index is 12.5. The molecule has 1 atom stereocenters. The van der Waals surface area contributed by atoms with Crippen LogP contribution in [0.3, 0.4) is 0 Å². The molecule has 0 aliphatic carbocycles. The Bertz CT molecular complexity index is 836. The van der Waals surface area contributed by atoms with Crippen LogP contribution in [0.25, 0.3) is 0 Å². The van der Waals surface area contributed by atoms with Crippen molar-refractivity contribution in [2.75, 3.05) is 19.7 Å². The van der Waals surface area contributed by atoms with Gasteiger partial charge in [0.15, 0.2) is 0 Å². The van der Waals surface area contributed by atoms with Gasteiger partial charge in [0, 0.05) is 25.1 Å². The van der Waals surface area contributed by atoms with Gasteiger partial charge in [-0.05, 0) is 43.1 Å². The molecule has 2 aromatic rings. The lowest BCUT2D eigenvalue weighted by Gasteiger charge is -2.27. The van der Waals surface area contributed by atoms with Crippen LogP contribution in [0.1, 0.15) is 42.0 Å². The number of nitrogens with one attached hydrogen (secondary N) is 2. The van der Waals surface area contributed by atoms with Crippen molar-refractivity contribution in [1.82, 2.24) is 15.5 Å². The number of amides is 2. The number of likely N-dealkylation sites (tertiary alicyclic amines) is 1. The molecular formula is C22H26ClN3O2. The highest BCUT2D eigenvalue weighted by Crippen LogP contribution is 2.37. The van der Waals surface area contributed by atoms with Crippen LogP contribution in [-0.4, -0.2) is 30.6 Å². The number of nitrogens with zero attached hydrogens (tertiary/aromatic N) is 1. The molecule has 6 heteroatoms. The molecule has 1 fully saturated rings. The first-order chi connectivity index (χ1) is 13.7. The molecular weight excluding hydrogens is 374 g/mol. The topological polar surface area (TPSA) is 53.6 Å². The molecule has 2 N–H and O–H groups in total. The zero-order chi connectivity index (χ0) is 19.3. The summed E-state index contributed by atoms with van der Waals surface area (Å²) in [4.78, 5) is 15.0. The van der Waals surface area contributed by atoms with E-state index in [4.69, 9.17) is 16.3 Å². The summed E-state index contributed by atoms with van der Waals surface area (Å²) in [5, 5.41) is 6.66. The molecule has 2 aromatic carbocycles. The van der Waals surface area contributed by atoms with E-state index in [1.54, 1.807) is 6.07 Å². The number of halogens is 1. The van der Waals surface area contributed by atoms with Gasteiger partial charge < -0.3 is 15.4 Å². The SMILES string of the molecule is O=C(NCc1ccccc1CN1CCCC1)NC1CCOc2c(Cl)cccc21. The van der Waals surface area contributed by atoms with Crippen LogP contribution in [0.15, 0.2) is 42.5 Å². The molecule has 2 heterocycles. The lowest BCUT2D eigenvalue weighted by molar-refractivity contribution is 0.223. The van der Waals surface area contributed by atoms with E-state index in [0.29, 0.717) is 23.9 Å². The van der Waals surface area contributed by atoms with Crippen LogP contribution >= 0.6 is 11.6 Å². The van der Waals surface area contributed by atoms with Crippen molar-refractivity contribution in [3.8, 4) is 5.75 Å². The normalized spacial score (nSPS) is 19.0. The van der Waals surface area contributed by atoms with E-state index < -0.39 is 0 Å². The molecule has 0 spiro atoms. The molecule has 0 radical (unpaired) electrons. The second-order valence-electron chi connectivity index (χ2n) is 7.43. The van der Waals surface area contributed by atoms with Crippen molar-refractivity contribution in [3.63, 3.8) is 0 Å². The Balaban J connectivity index is 1.36. The summed E-state index contributed by atoms with van der Waals surface area (Å²) in [6.45, 7) is 4.33. The Labute approximate surface area is 171 Å². The number of hydrogen-bond acceptors (Lipinski definition) is 3. The first-order valence-electron chi connectivity index (χ1n) is 9.95. The van der Waals surface area contributed by atoms with Crippen LogP contribution in [0, 0.1) is 0 Å². The number of benzene rings is 2. The van der Waals surface area contributed by atoms with Gasteiger partial charge in [0.25, 0.3) is 0 Å². The zero-order valence-electron chi connectivity index (χ0n) is 15.9. The van der Waals surface area contributed by atoms with Crippen LogP contribution in [0.2, 0.25) is 5.02 Å². The molecule has 2 aliphatic rings. The average molecular weight is 400 g/mol. The number of ether oxygens (including phenoxy) is 1. The van der Waals surface area contributed by atoms with E-state index in [2.05, 4.69) is 33.7 Å². The molecule has 2 amide bonds. The molecule has 1 unspecified atom stereocenters. The van der Waals surface area contributed by atoms with Gasteiger partial charge in [0.2, 0.25) is 0 Å². The highest BCUT2D eigenvalue weighted by Gasteiger charge is 2.24. The molecule has 28 heavy (non-hydrogen) atoms.